The summed E-state index contributed by atoms with van der Waals surface area (Å²) in [5.41, 5.74) is 3.74. The summed E-state index contributed by atoms with van der Waals surface area (Å²) in [6, 6.07) is 17.9. The molecule has 0 aliphatic carbocycles. The van der Waals surface area contributed by atoms with Crippen molar-refractivity contribution < 1.29 is 19.1 Å². The lowest BCUT2D eigenvalue weighted by Gasteiger charge is -2.28. The summed E-state index contributed by atoms with van der Waals surface area (Å²) in [6.07, 6.45) is 2.71. The smallest absolute Gasteiger partial charge is 0.335 e. The number of urea groups is 1. The van der Waals surface area contributed by atoms with Crippen molar-refractivity contribution in [1.82, 2.24) is 5.32 Å². The number of barbiturate groups is 1. The van der Waals surface area contributed by atoms with Gasteiger partial charge in [-0.1, -0.05) is 75.2 Å². The highest BCUT2D eigenvalue weighted by molar-refractivity contribution is 9.10. The first-order valence-electron chi connectivity index (χ1n) is 10.9. The van der Waals surface area contributed by atoms with Crippen LogP contribution in [0.3, 0.4) is 0 Å². The van der Waals surface area contributed by atoms with Crippen LogP contribution in [0, 0.1) is 0 Å². The maximum atomic E-state index is 13.3. The van der Waals surface area contributed by atoms with Gasteiger partial charge in [-0.15, -0.1) is 0 Å². The number of methoxy groups -OCH3 is 1. The van der Waals surface area contributed by atoms with Gasteiger partial charge in [0.15, 0.2) is 0 Å². The number of nitrogens with one attached hydrogen (secondary N) is 1. The van der Waals surface area contributed by atoms with Crippen LogP contribution in [0.5, 0.6) is 5.75 Å². The number of hydrogen-bond donors (Lipinski definition) is 1. The van der Waals surface area contributed by atoms with Crippen molar-refractivity contribution in [3.8, 4) is 5.75 Å². The number of benzene rings is 3. The number of halogens is 2. The number of carbonyl (C=O) groups excluding carboxylic acids is 3. The first-order valence-corrected chi connectivity index (χ1v) is 12.5. The molecule has 3 aromatic carbocycles. The molecule has 178 valence electrons. The Morgan fingerprint density at radius 2 is 1.63 bits per heavy atom. The minimum Gasteiger partial charge on any atom is -0.496 e. The fraction of sp³-hybridized carbons (Fsp3) is 0.148. The monoisotopic (exact) mass is 596 g/mol. The van der Waals surface area contributed by atoms with E-state index in [0.717, 1.165) is 30.5 Å². The minimum atomic E-state index is -0.763. The Hall–Kier alpha value is -3.23. The maximum Gasteiger partial charge on any atom is 0.335 e. The van der Waals surface area contributed by atoms with E-state index >= 15 is 0 Å². The predicted molar refractivity (Wildman–Crippen MR) is 142 cm³/mol. The topological polar surface area (TPSA) is 75.7 Å². The third-order valence-electron chi connectivity index (χ3n) is 5.75. The van der Waals surface area contributed by atoms with Crippen molar-refractivity contribution in [2.45, 2.75) is 19.8 Å². The van der Waals surface area contributed by atoms with E-state index in [1.165, 1.54) is 6.08 Å². The summed E-state index contributed by atoms with van der Waals surface area (Å²) in [6.45, 7) is 1.94. The molecule has 0 bridgehead atoms. The molecule has 1 aliphatic rings. The van der Waals surface area contributed by atoms with Gasteiger partial charge in [0.25, 0.3) is 11.8 Å². The summed E-state index contributed by atoms with van der Waals surface area (Å²) >= 11 is 7.20. The summed E-state index contributed by atoms with van der Waals surface area (Å²) in [4.78, 5) is 39.6. The van der Waals surface area contributed by atoms with Gasteiger partial charge in [0.05, 0.1) is 12.8 Å². The Morgan fingerprint density at radius 1 is 0.943 bits per heavy atom. The largest absolute Gasteiger partial charge is 0.496 e. The van der Waals surface area contributed by atoms with Gasteiger partial charge in [-0.2, -0.15) is 0 Å². The van der Waals surface area contributed by atoms with Crippen LogP contribution in [-0.2, 0) is 22.4 Å². The second kappa shape index (κ2) is 10.6. The fourth-order valence-electron chi connectivity index (χ4n) is 3.97. The van der Waals surface area contributed by atoms with Crippen molar-refractivity contribution in [3.05, 3.63) is 97.4 Å². The number of carbonyl (C=O) groups is 3. The van der Waals surface area contributed by atoms with E-state index in [2.05, 4.69) is 37.2 Å². The molecule has 0 radical (unpaired) electrons. The van der Waals surface area contributed by atoms with Crippen LogP contribution < -0.4 is 15.0 Å². The number of ether oxygens (including phenoxy) is 1. The number of hydrogen-bond acceptors (Lipinski definition) is 4. The number of aryl methyl sites for hydroxylation is 1. The van der Waals surface area contributed by atoms with Crippen LogP contribution in [0.1, 0.15) is 29.2 Å². The number of amides is 4. The molecule has 0 unspecified atom stereocenters. The van der Waals surface area contributed by atoms with E-state index < -0.39 is 17.8 Å². The lowest BCUT2D eigenvalue weighted by molar-refractivity contribution is -0.122. The third kappa shape index (κ3) is 5.09. The molecule has 1 fully saturated rings. The van der Waals surface area contributed by atoms with Crippen LogP contribution in [0.2, 0.25) is 0 Å². The fourth-order valence-corrected chi connectivity index (χ4v) is 5.00. The van der Waals surface area contributed by atoms with E-state index in [9.17, 15) is 14.4 Å². The van der Waals surface area contributed by atoms with Crippen molar-refractivity contribution in [1.29, 1.82) is 0 Å². The van der Waals surface area contributed by atoms with E-state index in [1.54, 1.807) is 25.3 Å². The maximum absolute atomic E-state index is 13.3. The zero-order valence-corrected chi connectivity index (χ0v) is 22.3. The molecule has 0 aromatic heterocycles. The Balaban J connectivity index is 1.73. The van der Waals surface area contributed by atoms with E-state index in [-0.39, 0.29) is 5.57 Å². The Kier molecular flexibility index (Phi) is 7.52. The highest BCUT2D eigenvalue weighted by Gasteiger charge is 2.37. The van der Waals surface area contributed by atoms with Crippen LogP contribution in [-0.4, -0.2) is 25.0 Å². The molecule has 4 rings (SSSR count). The molecule has 0 saturated carbocycles. The lowest BCUT2D eigenvalue weighted by atomic mass is 10.00. The van der Waals surface area contributed by atoms with Gasteiger partial charge in [-0.05, 0) is 53.5 Å². The molecular weight excluding hydrogens is 576 g/mol. The molecular formula is C27H22Br2N2O4. The zero-order chi connectivity index (χ0) is 25.1. The predicted octanol–water partition coefficient (Wildman–Crippen LogP) is 6.04. The van der Waals surface area contributed by atoms with Crippen molar-refractivity contribution in [2.75, 3.05) is 12.0 Å². The van der Waals surface area contributed by atoms with Gasteiger partial charge >= 0.3 is 6.03 Å². The van der Waals surface area contributed by atoms with Crippen molar-refractivity contribution >= 4 is 61.5 Å². The summed E-state index contributed by atoms with van der Waals surface area (Å²) in [7, 11) is 1.57. The minimum absolute atomic E-state index is 0.136. The SMILES string of the molecule is CCc1ccccc1N1C(=O)NC(=O)/C(=C/c2cc(Br)c(Cc3ccccc3Br)c(OC)c2)C1=O. The van der Waals surface area contributed by atoms with E-state index in [1.807, 2.05) is 49.4 Å². The normalized spacial score (nSPS) is 14.9. The number of imide groups is 2. The second-order valence-electron chi connectivity index (χ2n) is 7.89. The Bertz CT molecular complexity index is 1370. The second-order valence-corrected chi connectivity index (χ2v) is 9.60. The number of nitrogens with zero attached hydrogens (tertiary/aromatic N) is 1. The molecule has 1 saturated heterocycles. The van der Waals surface area contributed by atoms with E-state index in [4.69, 9.17) is 4.74 Å². The number of rotatable bonds is 6. The van der Waals surface area contributed by atoms with Crippen LogP contribution in [0.15, 0.2) is 75.2 Å². The zero-order valence-electron chi connectivity index (χ0n) is 19.1. The van der Waals surface area contributed by atoms with Gasteiger partial charge in [0.1, 0.15) is 11.3 Å². The number of anilines is 1. The molecule has 6 nitrogen and oxygen atoms in total. The third-order valence-corrected chi connectivity index (χ3v) is 7.23. The molecule has 8 heteroatoms. The molecule has 0 spiro atoms. The van der Waals surface area contributed by atoms with Gasteiger partial charge in [-0.25, -0.2) is 9.69 Å². The highest BCUT2D eigenvalue weighted by atomic mass is 79.9. The average molecular weight is 598 g/mol. The molecule has 1 aliphatic heterocycles. The lowest BCUT2D eigenvalue weighted by Crippen LogP contribution is -2.54. The van der Waals surface area contributed by atoms with Gasteiger partial charge in [0.2, 0.25) is 0 Å². The van der Waals surface area contributed by atoms with E-state index in [0.29, 0.717) is 29.8 Å². The Labute approximate surface area is 220 Å². The molecule has 1 heterocycles. The van der Waals surface area contributed by atoms with Crippen molar-refractivity contribution in [2.24, 2.45) is 0 Å². The van der Waals surface area contributed by atoms with Gasteiger partial charge in [-0.3, -0.25) is 14.9 Å². The summed E-state index contributed by atoms with van der Waals surface area (Å²) in [5.74, 6) is -0.806. The number of para-hydroxylation sites is 1. The van der Waals surface area contributed by atoms with Crippen LogP contribution in [0.25, 0.3) is 6.08 Å². The van der Waals surface area contributed by atoms with Crippen molar-refractivity contribution in [3.63, 3.8) is 0 Å². The molecule has 4 amide bonds. The van der Waals surface area contributed by atoms with Crippen LogP contribution >= 0.6 is 31.9 Å². The standard InChI is InChI=1S/C27H22Br2N2O4/c1-3-17-8-5-7-11-23(17)31-26(33)20(25(32)30-27(31)34)12-16-13-22(29)19(24(14-16)35-2)15-18-9-4-6-10-21(18)28/h4-14H,3,15H2,1-2H3,(H,30,32,34)/b20-12-. The molecule has 35 heavy (non-hydrogen) atoms. The first-order chi connectivity index (χ1) is 16.8. The molecule has 3 aromatic rings. The quantitative estimate of drug-likeness (QED) is 0.278. The summed E-state index contributed by atoms with van der Waals surface area (Å²) < 4.78 is 7.39. The van der Waals surface area contributed by atoms with Crippen LogP contribution in [0.4, 0.5) is 10.5 Å². The average Bonchev–Trinajstić information content (AvgIpc) is 2.84. The van der Waals surface area contributed by atoms with Gasteiger partial charge in [0, 0.05) is 20.9 Å². The molecule has 1 N–H and O–H groups in total. The highest BCUT2D eigenvalue weighted by Crippen LogP contribution is 2.34. The molecule has 0 atom stereocenters. The Morgan fingerprint density at radius 3 is 2.31 bits per heavy atom. The first kappa shape index (κ1) is 24.9. The summed E-state index contributed by atoms with van der Waals surface area (Å²) in [5, 5.41) is 2.28. The van der Waals surface area contributed by atoms with Gasteiger partial charge < -0.3 is 4.74 Å².